The zero-order chi connectivity index (χ0) is 24.0. The Morgan fingerprint density at radius 1 is 0.970 bits per heavy atom. The number of aliphatic hydroxyl groups is 1. The summed E-state index contributed by atoms with van der Waals surface area (Å²) in [6.07, 6.45) is 0.895. The third-order valence-electron chi connectivity index (χ3n) is 5.11. The van der Waals surface area contributed by atoms with Crippen LogP contribution in [0, 0.1) is 0 Å². The van der Waals surface area contributed by atoms with Gasteiger partial charge in [-0.1, -0.05) is 47.5 Å². The highest BCUT2D eigenvalue weighted by Gasteiger charge is 2.20. The monoisotopic (exact) mass is 507 g/mol. The van der Waals surface area contributed by atoms with Gasteiger partial charge in [-0.2, -0.15) is 0 Å². The highest BCUT2D eigenvalue weighted by Crippen LogP contribution is 2.26. The molecule has 3 N–H and O–H groups in total. The Bertz CT molecular complexity index is 1230. The number of carbonyl (C=O) groups is 1. The first-order valence-corrected chi connectivity index (χ1v) is 12.4. The molecule has 0 radical (unpaired) electrons. The van der Waals surface area contributed by atoms with E-state index in [1.807, 2.05) is 6.07 Å². The quantitative estimate of drug-likeness (QED) is 0.341. The van der Waals surface area contributed by atoms with E-state index in [1.54, 1.807) is 30.3 Å². The minimum absolute atomic E-state index is 0.0623. The maximum atomic E-state index is 12.8. The van der Waals surface area contributed by atoms with Crippen LogP contribution < -0.4 is 5.32 Å². The molecule has 0 saturated heterocycles. The second-order valence-electron chi connectivity index (χ2n) is 7.47. The predicted molar refractivity (Wildman–Crippen MR) is 128 cm³/mol. The van der Waals surface area contributed by atoms with Gasteiger partial charge in [0.25, 0.3) is 0 Å². The molecule has 3 aromatic rings. The number of aryl methyl sites for hydroxylation is 1. The number of sulfone groups is 1. The maximum absolute atomic E-state index is 12.8. The highest BCUT2D eigenvalue weighted by atomic mass is 35.5. The van der Waals surface area contributed by atoms with Gasteiger partial charge in [0.05, 0.1) is 26.5 Å². The van der Waals surface area contributed by atoms with Gasteiger partial charge >= 0.3 is 5.97 Å². The molecular weight excluding hydrogens is 485 g/mol. The van der Waals surface area contributed by atoms with Crippen molar-refractivity contribution >= 4 is 39.0 Å². The van der Waals surface area contributed by atoms with Gasteiger partial charge in [-0.25, -0.2) is 13.2 Å². The zero-order valence-electron chi connectivity index (χ0n) is 17.5. The summed E-state index contributed by atoms with van der Waals surface area (Å²) in [6.45, 7) is 1.09. The number of hydrogen-bond acceptors (Lipinski definition) is 5. The smallest absolute Gasteiger partial charge is 0.337 e. The van der Waals surface area contributed by atoms with E-state index in [2.05, 4.69) is 5.32 Å². The lowest BCUT2D eigenvalue weighted by Crippen LogP contribution is -2.22. The summed E-state index contributed by atoms with van der Waals surface area (Å²) >= 11 is 11.9. The van der Waals surface area contributed by atoms with Gasteiger partial charge < -0.3 is 15.5 Å². The number of halogens is 2. The molecule has 6 nitrogen and oxygen atoms in total. The van der Waals surface area contributed by atoms with Crippen LogP contribution in [0.25, 0.3) is 0 Å². The Balaban J connectivity index is 1.52. The van der Waals surface area contributed by atoms with Crippen molar-refractivity contribution < 1.29 is 23.4 Å². The van der Waals surface area contributed by atoms with E-state index in [9.17, 15) is 18.3 Å². The summed E-state index contributed by atoms with van der Waals surface area (Å²) in [5, 5.41) is 22.9. The molecule has 0 amide bonds. The van der Waals surface area contributed by atoms with Crippen LogP contribution in [0.5, 0.6) is 0 Å². The van der Waals surface area contributed by atoms with E-state index < -0.39 is 21.9 Å². The van der Waals surface area contributed by atoms with Gasteiger partial charge in [-0.05, 0) is 73.0 Å². The van der Waals surface area contributed by atoms with Crippen LogP contribution in [0.15, 0.2) is 76.5 Å². The average Bonchev–Trinajstić information content (AvgIpc) is 2.78. The summed E-state index contributed by atoms with van der Waals surface area (Å²) in [6, 6.07) is 17.2. The Kier molecular flexibility index (Phi) is 8.51. The van der Waals surface area contributed by atoms with Crippen molar-refractivity contribution in [2.24, 2.45) is 0 Å². The number of carboxylic acid groups (broad SMARTS) is 1. The molecule has 3 rings (SSSR count). The molecule has 0 unspecified atom stereocenters. The number of aromatic carboxylic acids is 1. The Labute approximate surface area is 202 Å². The van der Waals surface area contributed by atoms with Gasteiger partial charge in [-0.15, -0.1) is 0 Å². The number of hydrogen-bond donors (Lipinski definition) is 3. The molecule has 0 aliphatic heterocycles. The molecular formula is C24H23Cl2NO5S. The minimum atomic E-state index is -3.82. The van der Waals surface area contributed by atoms with Crippen LogP contribution in [0.4, 0.5) is 0 Å². The van der Waals surface area contributed by atoms with Gasteiger partial charge in [-0.3, -0.25) is 0 Å². The van der Waals surface area contributed by atoms with Crippen molar-refractivity contribution in [2.45, 2.75) is 28.7 Å². The second-order valence-corrected chi connectivity index (χ2v) is 10.3. The highest BCUT2D eigenvalue weighted by molar-refractivity contribution is 7.91. The molecule has 0 bridgehead atoms. The Morgan fingerprint density at radius 2 is 1.67 bits per heavy atom. The average molecular weight is 508 g/mol. The summed E-state index contributed by atoms with van der Waals surface area (Å²) < 4.78 is 25.7. The van der Waals surface area contributed by atoms with E-state index in [-0.39, 0.29) is 20.4 Å². The van der Waals surface area contributed by atoms with Crippen LogP contribution in [-0.2, 0) is 16.3 Å². The normalized spacial score (nSPS) is 12.5. The lowest BCUT2D eigenvalue weighted by molar-refractivity contribution is 0.0697. The van der Waals surface area contributed by atoms with Gasteiger partial charge in [0.1, 0.15) is 0 Å². The third kappa shape index (κ3) is 6.56. The fourth-order valence-electron chi connectivity index (χ4n) is 3.30. The molecule has 3 aromatic carbocycles. The van der Waals surface area contributed by atoms with Crippen LogP contribution in [0.1, 0.15) is 34.0 Å². The zero-order valence-corrected chi connectivity index (χ0v) is 19.9. The number of benzene rings is 3. The van der Waals surface area contributed by atoms with E-state index in [0.717, 1.165) is 30.0 Å². The van der Waals surface area contributed by atoms with Crippen LogP contribution >= 0.6 is 23.2 Å². The molecule has 0 fully saturated rings. The summed E-state index contributed by atoms with van der Waals surface area (Å²) in [4.78, 5) is 11.1. The third-order valence-corrected chi connectivity index (χ3v) is 7.42. The van der Waals surface area contributed by atoms with Gasteiger partial charge in [0, 0.05) is 11.6 Å². The molecule has 0 spiro atoms. The Hall–Kier alpha value is -2.42. The molecule has 0 aliphatic carbocycles. The Morgan fingerprint density at radius 3 is 2.30 bits per heavy atom. The molecule has 9 heteroatoms. The fourth-order valence-corrected chi connectivity index (χ4v) is 5.11. The van der Waals surface area contributed by atoms with Crippen LogP contribution in [-0.4, -0.2) is 37.7 Å². The van der Waals surface area contributed by atoms with Crippen LogP contribution in [0.3, 0.4) is 0 Å². The largest absolute Gasteiger partial charge is 0.478 e. The number of carboxylic acids is 1. The van der Waals surface area contributed by atoms with Crippen molar-refractivity contribution in [2.75, 3.05) is 13.1 Å². The van der Waals surface area contributed by atoms with Gasteiger partial charge in [0.15, 0.2) is 0 Å². The van der Waals surface area contributed by atoms with E-state index in [0.29, 0.717) is 18.1 Å². The van der Waals surface area contributed by atoms with Crippen LogP contribution in [0.2, 0.25) is 10.0 Å². The molecule has 0 aliphatic rings. The van der Waals surface area contributed by atoms with Crippen molar-refractivity contribution in [1.29, 1.82) is 0 Å². The van der Waals surface area contributed by atoms with Crippen molar-refractivity contribution in [3.05, 3.63) is 93.5 Å². The minimum Gasteiger partial charge on any atom is -0.478 e. The molecule has 0 saturated carbocycles. The summed E-state index contributed by atoms with van der Waals surface area (Å²) in [5.74, 6) is -1.22. The molecule has 33 heavy (non-hydrogen) atoms. The van der Waals surface area contributed by atoms with E-state index in [4.69, 9.17) is 28.3 Å². The second kappa shape index (κ2) is 11.1. The number of aliphatic hydroxyl groups excluding tert-OH is 1. The summed E-state index contributed by atoms with van der Waals surface area (Å²) in [7, 11) is -3.82. The number of rotatable bonds is 10. The molecule has 0 aromatic heterocycles. The lowest BCUT2D eigenvalue weighted by atomic mass is 10.1. The van der Waals surface area contributed by atoms with E-state index in [1.165, 1.54) is 24.3 Å². The van der Waals surface area contributed by atoms with Crippen molar-refractivity contribution in [3.8, 4) is 0 Å². The van der Waals surface area contributed by atoms with Crippen molar-refractivity contribution in [1.82, 2.24) is 5.32 Å². The SMILES string of the molecule is O=C(O)c1ccc(S(=O)(=O)c2ccc(CCCNC[C@@H](O)c3cccc(Cl)c3)cc2)cc1Cl. The summed E-state index contributed by atoms with van der Waals surface area (Å²) in [5.41, 5.74) is 1.58. The topological polar surface area (TPSA) is 104 Å². The fraction of sp³-hybridized carbons (Fsp3) is 0.208. The standard InChI is InChI=1S/C24H23Cl2NO5S/c25-18-5-1-4-17(13-18)23(28)15-27-12-2-3-16-6-8-19(9-7-16)33(31,32)20-10-11-21(24(29)30)22(26)14-20/h1,4-11,13-14,23,27-28H,2-3,12,15H2,(H,29,30)/t23-/m1/s1. The molecule has 1 atom stereocenters. The first kappa shape index (κ1) is 25.2. The predicted octanol–water partition coefficient (Wildman–Crippen LogP) is 4.78. The molecule has 174 valence electrons. The first-order chi connectivity index (χ1) is 15.7. The first-order valence-electron chi connectivity index (χ1n) is 10.2. The maximum Gasteiger partial charge on any atom is 0.337 e. The van der Waals surface area contributed by atoms with Gasteiger partial charge in [0.2, 0.25) is 9.84 Å². The molecule has 0 heterocycles. The lowest BCUT2D eigenvalue weighted by Gasteiger charge is -2.12. The van der Waals surface area contributed by atoms with E-state index >= 15 is 0 Å². The number of nitrogens with one attached hydrogen (secondary N) is 1. The van der Waals surface area contributed by atoms with Crippen molar-refractivity contribution in [3.63, 3.8) is 0 Å².